The first-order chi connectivity index (χ1) is 9.54. The molecule has 3 aliphatic rings. The lowest BCUT2D eigenvalue weighted by atomic mass is 10.0. The minimum absolute atomic E-state index is 0.0187. The van der Waals surface area contributed by atoms with Crippen LogP contribution in [-0.4, -0.2) is 51.3 Å². The molecular formula is C14H22N2O4. The lowest BCUT2D eigenvalue weighted by molar-refractivity contribution is -0.141. The highest BCUT2D eigenvalue weighted by molar-refractivity contribution is 5.76. The second-order valence-corrected chi connectivity index (χ2v) is 6.41. The van der Waals surface area contributed by atoms with Crippen molar-refractivity contribution in [2.45, 2.75) is 69.2 Å². The number of piperidine rings is 1. The summed E-state index contributed by atoms with van der Waals surface area (Å²) in [6.07, 6.45) is 4.93. The Bertz CT molecular complexity index is 400. The second kappa shape index (κ2) is 5.24. The number of carboxylic acid groups (broad SMARTS) is 1. The molecule has 2 heterocycles. The number of urea groups is 1. The molecule has 0 aromatic carbocycles. The van der Waals surface area contributed by atoms with Crippen LogP contribution in [0.1, 0.15) is 44.9 Å². The Morgan fingerprint density at radius 1 is 1.00 bits per heavy atom. The summed E-state index contributed by atoms with van der Waals surface area (Å²) in [6.45, 7) is 0. The second-order valence-electron chi connectivity index (χ2n) is 6.41. The van der Waals surface area contributed by atoms with Gasteiger partial charge < -0.3 is 20.4 Å². The zero-order valence-electron chi connectivity index (χ0n) is 11.5. The van der Waals surface area contributed by atoms with Crippen LogP contribution in [-0.2, 0) is 4.79 Å². The summed E-state index contributed by atoms with van der Waals surface area (Å²) in [7, 11) is 0. The van der Waals surface area contributed by atoms with Crippen molar-refractivity contribution in [3.63, 3.8) is 0 Å². The average Bonchev–Trinajstić information content (AvgIpc) is 2.93. The number of hydrogen-bond donors (Lipinski definition) is 3. The smallest absolute Gasteiger partial charge is 0.318 e. The fourth-order valence-electron chi connectivity index (χ4n) is 4.07. The maximum absolute atomic E-state index is 12.4. The number of fused-ring (bicyclic) bond motifs is 2. The van der Waals surface area contributed by atoms with Crippen molar-refractivity contribution in [1.29, 1.82) is 0 Å². The third-order valence-corrected chi connectivity index (χ3v) is 5.05. The molecule has 4 unspecified atom stereocenters. The molecule has 112 valence electrons. The van der Waals surface area contributed by atoms with Gasteiger partial charge in [-0.2, -0.15) is 0 Å². The predicted octanol–water partition coefficient (Wildman–Crippen LogP) is 0.937. The maximum Gasteiger partial charge on any atom is 0.318 e. The van der Waals surface area contributed by atoms with Crippen LogP contribution in [0, 0.1) is 5.92 Å². The van der Waals surface area contributed by atoms with Crippen molar-refractivity contribution in [2.75, 3.05) is 0 Å². The molecule has 4 atom stereocenters. The number of nitrogens with one attached hydrogen (secondary N) is 1. The van der Waals surface area contributed by atoms with E-state index < -0.39 is 5.97 Å². The van der Waals surface area contributed by atoms with Crippen molar-refractivity contribution >= 4 is 12.0 Å². The van der Waals surface area contributed by atoms with E-state index in [1.54, 1.807) is 0 Å². The van der Waals surface area contributed by atoms with Gasteiger partial charge >= 0.3 is 12.0 Å². The van der Waals surface area contributed by atoms with E-state index >= 15 is 0 Å². The van der Waals surface area contributed by atoms with Gasteiger partial charge in [-0.05, 0) is 44.9 Å². The van der Waals surface area contributed by atoms with Gasteiger partial charge in [-0.3, -0.25) is 4.79 Å². The van der Waals surface area contributed by atoms with Crippen molar-refractivity contribution in [2.24, 2.45) is 5.92 Å². The van der Waals surface area contributed by atoms with Gasteiger partial charge in [0.1, 0.15) is 0 Å². The SMILES string of the molecule is O=C(O)C1CCC(NC(=O)N2C3CCC2CC(O)C3)C1. The van der Waals surface area contributed by atoms with Gasteiger partial charge in [-0.25, -0.2) is 4.79 Å². The molecule has 3 rings (SSSR count). The van der Waals surface area contributed by atoms with Crippen LogP contribution in [0.15, 0.2) is 0 Å². The maximum atomic E-state index is 12.4. The van der Waals surface area contributed by atoms with E-state index in [0.717, 1.165) is 19.3 Å². The Morgan fingerprint density at radius 3 is 2.20 bits per heavy atom. The highest BCUT2D eigenvalue weighted by Gasteiger charge is 2.43. The number of rotatable bonds is 2. The van der Waals surface area contributed by atoms with Crippen LogP contribution in [0.25, 0.3) is 0 Å². The first-order valence-corrected chi connectivity index (χ1v) is 7.54. The number of carbonyl (C=O) groups excluding carboxylic acids is 1. The zero-order chi connectivity index (χ0) is 14.3. The number of nitrogens with zero attached hydrogens (tertiary/aromatic N) is 1. The molecule has 2 bridgehead atoms. The summed E-state index contributed by atoms with van der Waals surface area (Å²) in [5.41, 5.74) is 0. The minimum Gasteiger partial charge on any atom is -0.481 e. The molecule has 2 saturated heterocycles. The highest BCUT2D eigenvalue weighted by Crippen LogP contribution is 2.36. The Kier molecular flexibility index (Phi) is 3.58. The first kappa shape index (κ1) is 13.7. The van der Waals surface area contributed by atoms with Gasteiger partial charge in [-0.1, -0.05) is 0 Å². The molecule has 0 radical (unpaired) electrons. The molecule has 1 aliphatic carbocycles. The standard InChI is InChI=1S/C14H22N2O4/c17-12-6-10-3-4-11(7-12)16(10)14(20)15-9-2-1-8(5-9)13(18)19/h8-12,17H,1-7H2,(H,15,20)(H,18,19). The van der Waals surface area contributed by atoms with Crippen LogP contribution >= 0.6 is 0 Å². The van der Waals surface area contributed by atoms with E-state index in [-0.39, 0.29) is 36.2 Å². The Morgan fingerprint density at radius 2 is 1.65 bits per heavy atom. The van der Waals surface area contributed by atoms with E-state index in [9.17, 15) is 14.7 Å². The predicted molar refractivity (Wildman–Crippen MR) is 71.2 cm³/mol. The normalized spacial score (nSPS) is 39.9. The Hall–Kier alpha value is -1.30. The zero-order valence-corrected chi connectivity index (χ0v) is 11.5. The Balaban J connectivity index is 1.57. The molecule has 3 N–H and O–H groups in total. The van der Waals surface area contributed by atoms with Crippen molar-refractivity contribution < 1.29 is 19.8 Å². The molecule has 2 amide bonds. The molecule has 0 aromatic heterocycles. The topological polar surface area (TPSA) is 89.9 Å². The van der Waals surface area contributed by atoms with E-state index in [2.05, 4.69) is 5.32 Å². The van der Waals surface area contributed by atoms with Gasteiger partial charge in [0.2, 0.25) is 0 Å². The number of aliphatic hydroxyl groups excluding tert-OH is 1. The molecule has 3 fully saturated rings. The van der Waals surface area contributed by atoms with Crippen LogP contribution in [0.4, 0.5) is 4.79 Å². The van der Waals surface area contributed by atoms with Crippen LogP contribution in [0.3, 0.4) is 0 Å². The molecule has 2 aliphatic heterocycles. The highest BCUT2D eigenvalue weighted by atomic mass is 16.4. The fourth-order valence-corrected chi connectivity index (χ4v) is 4.07. The number of carbonyl (C=O) groups is 2. The van der Waals surface area contributed by atoms with Crippen molar-refractivity contribution in [3.05, 3.63) is 0 Å². The van der Waals surface area contributed by atoms with Crippen molar-refractivity contribution in [1.82, 2.24) is 10.2 Å². The third kappa shape index (κ3) is 2.49. The number of carboxylic acids is 1. The molecule has 6 heteroatoms. The van der Waals surface area contributed by atoms with Gasteiger partial charge in [0.25, 0.3) is 0 Å². The van der Waals surface area contributed by atoms with E-state index in [4.69, 9.17) is 5.11 Å². The van der Waals surface area contributed by atoms with Crippen LogP contribution < -0.4 is 5.32 Å². The molecule has 0 aromatic rings. The lowest BCUT2D eigenvalue weighted by Gasteiger charge is -2.37. The molecule has 0 spiro atoms. The average molecular weight is 282 g/mol. The monoisotopic (exact) mass is 282 g/mol. The van der Waals surface area contributed by atoms with E-state index in [0.29, 0.717) is 25.7 Å². The van der Waals surface area contributed by atoms with Gasteiger partial charge in [0.15, 0.2) is 0 Å². The Labute approximate surface area is 118 Å². The van der Waals surface area contributed by atoms with Gasteiger partial charge in [0, 0.05) is 18.1 Å². The summed E-state index contributed by atoms with van der Waals surface area (Å²) in [6, 6.07) is 0.219. The number of hydrogen-bond acceptors (Lipinski definition) is 3. The summed E-state index contributed by atoms with van der Waals surface area (Å²) >= 11 is 0. The summed E-state index contributed by atoms with van der Waals surface area (Å²) in [5.74, 6) is -1.08. The number of aliphatic hydroxyl groups is 1. The minimum atomic E-state index is -0.761. The number of aliphatic carboxylic acids is 1. The first-order valence-electron chi connectivity index (χ1n) is 7.54. The third-order valence-electron chi connectivity index (χ3n) is 5.05. The van der Waals surface area contributed by atoms with Crippen LogP contribution in [0.5, 0.6) is 0 Å². The summed E-state index contributed by atoms with van der Waals surface area (Å²) in [4.78, 5) is 25.2. The fraction of sp³-hybridized carbons (Fsp3) is 0.857. The molecular weight excluding hydrogens is 260 g/mol. The van der Waals surface area contributed by atoms with Gasteiger partial charge in [-0.15, -0.1) is 0 Å². The summed E-state index contributed by atoms with van der Waals surface area (Å²) < 4.78 is 0. The molecule has 1 saturated carbocycles. The quantitative estimate of drug-likeness (QED) is 0.703. The van der Waals surface area contributed by atoms with E-state index in [1.165, 1.54) is 0 Å². The molecule has 20 heavy (non-hydrogen) atoms. The lowest BCUT2D eigenvalue weighted by Crippen LogP contribution is -2.53. The van der Waals surface area contributed by atoms with Crippen LogP contribution in [0.2, 0.25) is 0 Å². The van der Waals surface area contributed by atoms with Gasteiger partial charge in [0.05, 0.1) is 12.0 Å². The van der Waals surface area contributed by atoms with Crippen molar-refractivity contribution in [3.8, 4) is 0 Å². The summed E-state index contributed by atoms with van der Waals surface area (Å²) in [5, 5.41) is 21.7. The molecule has 6 nitrogen and oxygen atoms in total. The number of amides is 2. The largest absolute Gasteiger partial charge is 0.481 e. The van der Waals surface area contributed by atoms with E-state index in [1.807, 2.05) is 4.90 Å².